The van der Waals surface area contributed by atoms with Gasteiger partial charge in [0.05, 0.1) is 6.20 Å². The molecule has 0 radical (unpaired) electrons. The molecule has 1 unspecified atom stereocenters. The van der Waals surface area contributed by atoms with Gasteiger partial charge in [0.2, 0.25) is 0 Å². The van der Waals surface area contributed by atoms with Gasteiger partial charge in [0.25, 0.3) is 0 Å². The average molecular weight is 169 g/mol. The molecule has 0 fully saturated rings. The van der Waals surface area contributed by atoms with E-state index in [1.165, 1.54) is 12.3 Å². The van der Waals surface area contributed by atoms with Gasteiger partial charge in [0.1, 0.15) is 11.6 Å². The quantitative estimate of drug-likeness (QED) is 0.709. The summed E-state index contributed by atoms with van der Waals surface area (Å²) < 4.78 is 12.4. The monoisotopic (exact) mass is 169 g/mol. The van der Waals surface area contributed by atoms with Gasteiger partial charge in [-0.2, -0.15) is 0 Å². The number of hydrogen-bond acceptors (Lipinski definition) is 3. The Hall–Kier alpha value is -1.16. The van der Waals surface area contributed by atoms with E-state index in [0.717, 1.165) is 0 Å². The Morgan fingerprint density at radius 2 is 2.42 bits per heavy atom. The second-order valence-corrected chi connectivity index (χ2v) is 2.72. The molecule has 1 rings (SSSR count). The lowest BCUT2D eigenvalue weighted by molar-refractivity contribution is 0.621. The Morgan fingerprint density at radius 3 is 2.92 bits per heavy atom. The highest BCUT2D eigenvalue weighted by molar-refractivity contribution is 5.33. The third-order valence-corrected chi connectivity index (χ3v) is 1.33. The van der Waals surface area contributed by atoms with Crippen LogP contribution in [-0.2, 0) is 0 Å². The first kappa shape index (κ1) is 8.93. The lowest BCUT2D eigenvalue weighted by atomic mass is 10.3. The summed E-state index contributed by atoms with van der Waals surface area (Å²) in [6.07, 6.45) is 1.17. The third-order valence-electron chi connectivity index (χ3n) is 1.33. The number of rotatable bonds is 3. The molecule has 0 aliphatic carbocycles. The van der Waals surface area contributed by atoms with E-state index in [0.29, 0.717) is 12.4 Å². The normalized spacial score (nSPS) is 12.6. The van der Waals surface area contributed by atoms with Crippen LogP contribution >= 0.6 is 0 Å². The van der Waals surface area contributed by atoms with Crippen LogP contribution in [0.4, 0.5) is 10.2 Å². The van der Waals surface area contributed by atoms with E-state index in [1.807, 2.05) is 6.92 Å². The van der Waals surface area contributed by atoms with Crippen LogP contribution < -0.4 is 11.1 Å². The molecule has 0 saturated carbocycles. The van der Waals surface area contributed by atoms with Crippen molar-refractivity contribution in [2.45, 2.75) is 13.0 Å². The second-order valence-electron chi connectivity index (χ2n) is 2.72. The molecule has 1 atom stereocenters. The topological polar surface area (TPSA) is 50.9 Å². The van der Waals surface area contributed by atoms with E-state index in [4.69, 9.17) is 5.73 Å². The molecule has 1 aromatic rings. The maximum Gasteiger partial charge on any atom is 0.141 e. The highest BCUT2D eigenvalue weighted by atomic mass is 19.1. The number of hydrogen-bond donors (Lipinski definition) is 2. The van der Waals surface area contributed by atoms with Crippen molar-refractivity contribution in [2.24, 2.45) is 5.73 Å². The van der Waals surface area contributed by atoms with Crippen molar-refractivity contribution in [3.63, 3.8) is 0 Å². The van der Waals surface area contributed by atoms with Crippen molar-refractivity contribution in [1.29, 1.82) is 0 Å². The first-order valence-electron chi connectivity index (χ1n) is 3.79. The molecular formula is C8H12FN3. The summed E-state index contributed by atoms with van der Waals surface area (Å²) in [5.41, 5.74) is 5.51. The van der Waals surface area contributed by atoms with Crippen LogP contribution in [0.2, 0.25) is 0 Å². The zero-order valence-corrected chi connectivity index (χ0v) is 6.92. The van der Waals surface area contributed by atoms with Crippen LogP contribution in [-0.4, -0.2) is 17.6 Å². The van der Waals surface area contributed by atoms with Gasteiger partial charge in [-0.25, -0.2) is 9.37 Å². The summed E-state index contributed by atoms with van der Waals surface area (Å²) in [7, 11) is 0. The predicted molar refractivity (Wildman–Crippen MR) is 46.3 cm³/mol. The summed E-state index contributed by atoms with van der Waals surface area (Å²) >= 11 is 0. The molecule has 0 spiro atoms. The molecule has 0 aliphatic rings. The van der Waals surface area contributed by atoms with E-state index in [9.17, 15) is 4.39 Å². The Labute approximate surface area is 70.8 Å². The molecule has 3 N–H and O–H groups in total. The highest BCUT2D eigenvalue weighted by Gasteiger charge is 1.95. The van der Waals surface area contributed by atoms with Crippen molar-refractivity contribution in [2.75, 3.05) is 11.9 Å². The Kier molecular flexibility index (Phi) is 2.99. The summed E-state index contributed by atoms with van der Waals surface area (Å²) in [5.74, 6) is 0.315. The van der Waals surface area contributed by atoms with Crippen molar-refractivity contribution >= 4 is 5.82 Å². The SMILES string of the molecule is CC(N)CNc1ccc(F)cn1. The minimum Gasteiger partial charge on any atom is -0.369 e. The fourth-order valence-electron chi connectivity index (χ4n) is 0.746. The molecule has 3 nitrogen and oxygen atoms in total. The first-order chi connectivity index (χ1) is 5.68. The summed E-state index contributed by atoms with van der Waals surface area (Å²) in [4.78, 5) is 3.81. The molecule has 4 heteroatoms. The molecule has 0 saturated heterocycles. The fourth-order valence-corrected chi connectivity index (χ4v) is 0.746. The molecule has 1 aromatic heterocycles. The Bertz CT molecular complexity index is 233. The van der Waals surface area contributed by atoms with Crippen LogP contribution in [0.1, 0.15) is 6.92 Å². The first-order valence-corrected chi connectivity index (χ1v) is 3.79. The van der Waals surface area contributed by atoms with Gasteiger partial charge >= 0.3 is 0 Å². The molecule has 0 amide bonds. The van der Waals surface area contributed by atoms with Gasteiger partial charge < -0.3 is 11.1 Å². The van der Waals surface area contributed by atoms with Crippen molar-refractivity contribution in [3.05, 3.63) is 24.1 Å². The van der Waals surface area contributed by atoms with Gasteiger partial charge in [-0.1, -0.05) is 0 Å². The van der Waals surface area contributed by atoms with Crippen molar-refractivity contribution < 1.29 is 4.39 Å². The smallest absolute Gasteiger partial charge is 0.141 e. The van der Waals surface area contributed by atoms with Gasteiger partial charge in [0, 0.05) is 12.6 Å². The summed E-state index contributed by atoms with van der Waals surface area (Å²) in [5, 5.41) is 2.97. The molecule has 1 heterocycles. The Morgan fingerprint density at radius 1 is 1.67 bits per heavy atom. The van der Waals surface area contributed by atoms with Gasteiger partial charge in [-0.15, -0.1) is 0 Å². The predicted octanol–water partition coefficient (Wildman–Crippen LogP) is 0.980. The van der Waals surface area contributed by atoms with E-state index in [1.54, 1.807) is 6.07 Å². The highest BCUT2D eigenvalue weighted by Crippen LogP contribution is 2.02. The lowest BCUT2D eigenvalue weighted by Crippen LogP contribution is -2.25. The van der Waals surface area contributed by atoms with Crippen LogP contribution in [0, 0.1) is 5.82 Å². The number of aromatic nitrogens is 1. The van der Waals surface area contributed by atoms with Crippen LogP contribution in [0.25, 0.3) is 0 Å². The zero-order valence-electron chi connectivity index (χ0n) is 6.92. The van der Waals surface area contributed by atoms with Crippen molar-refractivity contribution in [3.8, 4) is 0 Å². The Balaban J connectivity index is 2.48. The second kappa shape index (κ2) is 4.01. The number of anilines is 1. The van der Waals surface area contributed by atoms with E-state index in [2.05, 4.69) is 10.3 Å². The number of nitrogens with zero attached hydrogens (tertiary/aromatic N) is 1. The minimum absolute atomic E-state index is 0.0665. The number of halogens is 1. The standard InChI is InChI=1S/C8H12FN3/c1-6(10)4-11-8-3-2-7(9)5-12-8/h2-3,5-6H,4,10H2,1H3,(H,11,12). The van der Waals surface area contributed by atoms with Gasteiger partial charge in [-0.05, 0) is 19.1 Å². The average Bonchev–Trinajstić information content (AvgIpc) is 2.03. The van der Waals surface area contributed by atoms with Crippen LogP contribution in [0.15, 0.2) is 18.3 Å². The minimum atomic E-state index is -0.332. The summed E-state index contributed by atoms with van der Waals surface area (Å²) in [6, 6.07) is 3.01. The third kappa shape index (κ3) is 2.84. The largest absolute Gasteiger partial charge is 0.369 e. The number of nitrogens with two attached hydrogens (primary N) is 1. The van der Waals surface area contributed by atoms with Gasteiger partial charge in [-0.3, -0.25) is 0 Å². The molecule has 0 bridgehead atoms. The lowest BCUT2D eigenvalue weighted by Gasteiger charge is -2.07. The maximum absolute atomic E-state index is 12.4. The van der Waals surface area contributed by atoms with Crippen LogP contribution in [0.3, 0.4) is 0 Å². The van der Waals surface area contributed by atoms with E-state index >= 15 is 0 Å². The maximum atomic E-state index is 12.4. The number of pyridine rings is 1. The zero-order chi connectivity index (χ0) is 8.97. The van der Waals surface area contributed by atoms with E-state index < -0.39 is 0 Å². The van der Waals surface area contributed by atoms with Crippen molar-refractivity contribution in [1.82, 2.24) is 4.98 Å². The van der Waals surface area contributed by atoms with Gasteiger partial charge in [0.15, 0.2) is 0 Å². The molecule has 0 aliphatic heterocycles. The fraction of sp³-hybridized carbons (Fsp3) is 0.375. The molecule has 66 valence electrons. The molecule has 12 heavy (non-hydrogen) atoms. The molecular weight excluding hydrogens is 157 g/mol. The van der Waals surface area contributed by atoms with E-state index in [-0.39, 0.29) is 11.9 Å². The van der Waals surface area contributed by atoms with Crippen LogP contribution in [0.5, 0.6) is 0 Å². The summed E-state index contributed by atoms with van der Waals surface area (Å²) in [6.45, 7) is 2.52. The molecule has 0 aromatic carbocycles. The number of nitrogens with one attached hydrogen (secondary N) is 1.